The number of pyridine rings is 1. The summed E-state index contributed by atoms with van der Waals surface area (Å²) in [4.78, 5) is 7.55. The van der Waals surface area contributed by atoms with E-state index < -0.39 is 5.60 Å². The zero-order valence-corrected chi connectivity index (χ0v) is 12.9. The van der Waals surface area contributed by atoms with Gasteiger partial charge in [-0.05, 0) is 49.2 Å². The lowest BCUT2D eigenvalue weighted by molar-refractivity contribution is 0.0746. The Hall–Kier alpha value is -2.86. The van der Waals surface area contributed by atoms with Crippen LogP contribution in [0.3, 0.4) is 0 Å². The molecule has 6 nitrogen and oxygen atoms in total. The summed E-state index contributed by atoms with van der Waals surface area (Å²) in [6.45, 7) is 3.49. The molecule has 0 atom stereocenters. The topological polar surface area (TPSA) is 104 Å². The van der Waals surface area contributed by atoms with Gasteiger partial charge in [0, 0.05) is 22.7 Å². The van der Waals surface area contributed by atoms with E-state index in [0.29, 0.717) is 5.82 Å². The number of nitrogens with zero attached hydrogens (tertiary/aromatic N) is 2. The minimum absolute atomic E-state index is 0.485. The highest BCUT2D eigenvalue weighted by Gasteiger charge is 2.20. The number of hydrogen-bond acceptors (Lipinski definition) is 4. The van der Waals surface area contributed by atoms with Crippen LogP contribution in [-0.4, -0.2) is 25.3 Å². The number of nitrogens with two attached hydrogens (primary N) is 1. The first-order valence-electron chi connectivity index (χ1n) is 7.38. The fourth-order valence-electron chi connectivity index (χ4n) is 2.81. The third-order valence-corrected chi connectivity index (χ3v) is 4.09. The Morgan fingerprint density at radius 1 is 1.13 bits per heavy atom. The van der Waals surface area contributed by atoms with Crippen molar-refractivity contribution < 1.29 is 5.11 Å². The van der Waals surface area contributed by atoms with Crippen molar-refractivity contribution >= 4 is 27.8 Å². The van der Waals surface area contributed by atoms with E-state index in [0.717, 1.165) is 38.8 Å². The smallest absolute Gasteiger partial charge is 0.153 e. The number of fused-ring (bicyclic) bond motifs is 2. The van der Waals surface area contributed by atoms with Crippen LogP contribution in [0.1, 0.15) is 19.5 Å². The maximum absolute atomic E-state index is 10.2. The van der Waals surface area contributed by atoms with Gasteiger partial charge in [0.15, 0.2) is 5.82 Å². The van der Waals surface area contributed by atoms with Crippen LogP contribution < -0.4 is 5.73 Å². The molecule has 0 spiro atoms. The predicted molar refractivity (Wildman–Crippen MR) is 90.8 cm³/mol. The lowest BCUT2D eigenvalue weighted by Gasteiger charge is -2.14. The van der Waals surface area contributed by atoms with Crippen molar-refractivity contribution in [1.82, 2.24) is 20.2 Å². The van der Waals surface area contributed by atoms with Crippen molar-refractivity contribution in [3.05, 3.63) is 42.2 Å². The molecule has 0 amide bonds. The number of hydrogen-bond donors (Lipinski definition) is 4. The quantitative estimate of drug-likeness (QED) is 0.457. The van der Waals surface area contributed by atoms with Gasteiger partial charge in [-0.25, -0.2) is 4.98 Å². The van der Waals surface area contributed by atoms with Gasteiger partial charge < -0.3 is 15.8 Å². The zero-order chi connectivity index (χ0) is 16.2. The molecule has 0 bridgehead atoms. The van der Waals surface area contributed by atoms with Crippen molar-refractivity contribution in [2.24, 2.45) is 0 Å². The van der Waals surface area contributed by atoms with Crippen LogP contribution in [0.5, 0.6) is 0 Å². The monoisotopic (exact) mass is 307 g/mol. The molecule has 3 aromatic heterocycles. The summed E-state index contributed by atoms with van der Waals surface area (Å²) in [7, 11) is 0. The van der Waals surface area contributed by atoms with Gasteiger partial charge in [-0.1, -0.05) is 6.07 Å². The summed E-state index contributed by atoms with van der Waals surface area (Å²) in [5.74, 6) is 0.485. The van der Waals surface area contributed by atoms with E-state index in [1.54, 1.807) is 20.0 Å². The third kappa shape index (κ3) is 2.15. The number of nitrogens with one attached hydrogen (secondary N) is 2. The number of benzene rings is 1. The van der Waals surface area contributed by atoms with Crippen LogP contribution in [0.25, 0.3) is 33.1 Å². The number of nitrogen functional groups attached to an aromatic ring is 1. The summed E-state index contributed by atoms with van der Waals surface area (Å²) in [6, 6.07) is 9.90. The van der Waals surface area contributed by atoms with E-state index >= 15 is 0 Å². The van der Waals surface area contributed by atoms with Gasteiger partial charge in [-0.2, -0.15) is 5.10 Å². The largest absolute Gasteiger partial charge is 0.384 e. The minimum atomic E-state index is -0.948. The van der Waals surface area contributed by atoms with E-state index in [9.17, 15) is 5.11 Å². The Kier molecular flexibility index (Phi) is 2.74. The molecule has 4 aromatic rings. The Balaban J connectivity index is 1.96. The van der Waals surface area contributed by atoms with Gasteiger partial charge in [0.25, 0.3) is 0 Å². The SMILES string of the molecule is CC(C)(O)c1cc2c(-c3ccc4[nH]nc(N)c4c3)ccnc2[nH]1. The van der Waals surface area contributed by atoms with E-state index in [4.69, 9.17) is 5.73 Å². The second-order valence-corrected chi connectivity index (χ2v) is 6.23. The van der Waals surface area contributed by atoms with Crippen LogP contribution in [0.2, 0.25) is 0 Å². The van der Waals surface area contributed by atoms with Crippen LogP contribution in [0.15, 0.2) is 36.5 Å². The van der Waals surface area contributed by atoms with Crippen LogP contribution in [0, 0.1) is 0 Å². The maximum atomic E-state index is 10.2. The van der Waals surface area contributed by atoms with Crippen molar-refractivity contribution in [1.29, 1.82) is 0 Å². The Bertz CT molecular complexity index is 1020. The van der Waals surface area contributed by atoms with Gasteiger partial charge in [0.1, 0.15) is 5.65 Å². The number of rotatable bonds is 2. The van der Waals surface area contributed by atoms with Gasteiger partial charge in [-0.15, -0.1) is 0 Å². The number of aromatic amines is 2. The fourth-order valence-corrected chi connectivity index (χ4v) is 2.81. The van der Waals surface area contributed by atoms with Crippen molar-refractivity contribution in [2.75, 3.05) is 5.73 Å². The first kappa shape index (κ1) is 13.8. The lowest BCUT2D eigenvalue weighted by Crippen LogP contribution is -2.15. The van der Waals surface area contributed by atoms with Crippen LogP contribution in [-0.2, 0) is 5.60 Å². The molecule has 0 saturated heterocycles. The highest BCUT2D eigenvalue weighted by molar-refractivity contribution is 5.98. The number of aromatic nitrogens is 4. The van der Waals surface area contributed by atoms with Crippen LogP contribution in [0.4, 0.5) is 5.82 Å². The summed E-state index contributed by atoms with van der Waals surface area (Å²) >= 11 is 0. The average molecular weight is 307 g/mol. The fraction of sp³-hybridized carbons (Fsp3) is 0.176. The third-order valence-electron chi connectivity index (χ3n) is 4.09. The average Bonchev–Trinajstić information content (AvgIpc) is 3.10. The van der Waals surface area contributed by atoms with Crippen molar-refractivity contribution in [3.63, 3.8) is 0 Å². The molecule has 23 heavy (non-hydrogen) atoms. The standard InChI is InChI=1S/C17H17N5O/c1-17(2,23)14-8-11-10(5-6-19-16(11)20-14)9-3-4-13-12(7-9)15(18)22-21-13/h3-8,23H,1-2H3,(H,19,20)(H3,18,21,22). The number of aliphatic hydroxyl groups is 1. The molecule has 0 fully saturated rings. The molecule has 6 heteroatoms. The second kappa shape index (κ2) is 4.57. The molecule has 0 aliphatic rings. The molecule has 116 valence electrons. The first-order chi connectivity index (χ1) is 10.9. The molecule has 4 rings (SSSR count). The Morgan fingerprint density at radius 3 is 2.74 bits per heavy atom. The highest BCUT2D eigenvalue weighted by Crippen LogP contribution is 2.33. The maximum Gasteiger partial charge on any atom is 0.153 e. The normalized spacial score (nSPS) is 12.3. The van der Waals surface area contributed by atoms with Crippen molar-refractivity contribution in [2.45, 2.75) is 19.4 Å². The summed E-state index contributed by atoms with van der Waals surface area (Å²) in [5, 5.41) is 19.0. The van der Waals surface area contributed by atoms with Gasteiger partial charge in [-0.3, -0.25) is 5.10 Å². The molecule has 0 saturated carbocycles. The molecular formula is C17H17N5O. The highest BCUT2D eigenvalue weighted by atomic mass is 16.3. The van der Waals surface area contributed by atoms with Gasteiger partial charge in [0.05, 0.1) is 11.1 Å². The molecule has 0 radical (unpaired) electrons. The molecule has 1 aromatic carbocycles. The van der Waals surface area contributed by atoms with Crippen molar-refractivity contribution in [3.8, 4) is 11.1 Å². The lowest BCUT2D eigenvalue weighted by atomic mass is 10.0. The number of anilines is 1. The van der Waals surface area contributed by atoms with E-state index in [-0.39, 0.29) is 0 Å². The summed E-state index contributed by atoms with van der Waals surface area (Å²) in [5.41, 5.74) is 9.40. The summed E-state index contributed by atoms with van der Waals surface area (Å²) in [6.07, 6.45) is 1.76. The van der Waals surface area contributed by atoms with E-state index in [1.807, 2.05) is 30.3 Å². The molecule has 5 N–H and O–H groups in total. The molecule has 3 heterocycles. The van der Waals surface area contributed by atoms with Gasteiger partial charge >= 0.3 is 0 Å². The second-order valence-electron chi connectivity index (χ2n) is 6.23. The molecule has 0 unspecified atom stereocenters. The predicted octanol–water partition coefficient (Wildman–Crippen LogP) is 2.92. The molecule has 0 aliphatic heterocycles. The first-order valence-corrected chi connectivity index (χ1v) is 7.38. The molecule has 0 aliphatic carbocycles. The number of H-pyrrole nitrogens is 2. The Morgan fingerprint density at radius 2 is 1.96 bits per heavy atom. The van der Waals surface area contributed by atoms with Gasteiger partial charge in [0.2, 0.25) is 0 Å². The Labute approximate surface area is 132 Å². The van der Waals surface area contributed by atoms with E-state index in [2.05, 4.69) is 20.2 Å². The van der Waals surface area contributed by atoms with E-state index in [1.165, 1.54) is 0 Å². The minimum Gasteiger partial charge on any atom is -0.384 e. The molecular weight excluding hydrogens is 290 g/mol. The van der Waals surface area contributed by atoms with Crippen LogP contribution >= 0.6 is 0 Å². The summed E-state index contributed by atoms with van der Waals surface area (Å²) < 4.78 is 0. The zero-order valence-electron chi connectivity index (χ0n) is 12.9.